The molecule has 1 heterocycles. The Morgan fingerprint density at radius 2 is 2.12 bits per heavy atom. The van der Waals surface area contributed by atoms with E-state index >= 15 is 0 Å². The Labute approximate surface area is 102 Å². The molecule has 1 atom stereocenters. The third kappa shape index (κ3) is 5.31. The van der Waals surface area contributed by atoms with Crippen molar-refractivity contribution in [2.75, 3.05) is 33.5 Å². The van der Waals surface area contributed by atoms with Crippen molar-refractivity contribution in [1.82, 2.24) is 4.72 Å². The van der Waals surface area contributed by atoms with E-state index < -0.39 is 16.1 Å². The molecule has 1 unspecified atom stereocenters. The van der Waals surface area contributed by atoms with Crippen LogP contribution >= 0.6 is 0 Å². The van der Waals surface area contributed by atoms with Crippen molar-refractivity contribution in [3.05, 3.63) is 0 Å². The molecule has 0 spiro atoms. The lowest BCUT2D eigenvalue weighted by Gasteiger charge is -2.22. The summed E-state index contributed by atoms with van der Waals surface area (Å²) in [4.78, 5) is 0. The number of methoxy groups -OCH3 is 1. The first kappa shape index (κ1) is 14.8. The van der Waals surface area contributed by atoms with Crippen molar-refractivity contribution in [3.63, 3.8) is 0 Å². The quantitative estimate of drug-likeness (QED) is 0.648. The fraction of sp³-hybridized carbons (Fsp3) is 1.00. The van der Waals surface area contributed by atoms with Crippen molar-refractivity contribution in [3.8, 4) is 0 Å². The largest absolute Gasteiger partial charge is 0.391 e. The first-order valence-electron chi connectivity index (χ1n) is 5.79. The second-order valence-corrected chi connectivity index (χ2v) is 6.19. The topological polar surface area (TPSA) is 84.9 Å². The summed E-state index contributed by atoms with van der Waals surface area (Å²) in [5.74, 6) is 0. The van der Waals surface area contributed by atoms with Gasteiger partial charge in [-0.05, 0) is 19.3 Å². The number of nitrogens with one attached hydrogen (secondary N) is 1. The van der Waals surface area contributed by atoms with E-state index in [4.69, 9.17) is 9.47 Å². The molecule has 7 heteroatoms. The molecule has 0 aromatic carbocycles. The summed E-state index contributed by atoms with van der Waals surface area (Å²) < 4.78 is 36.1. The third-order valence-electron chi connectivity index (χ3n) is 2.75. The van der Waals surface area contributed by atoms with Crippen molar-refractivity contribution < 1.29 is 23.0 Å². The Morgan fingerprint density at radius 1 is 1.47 bits per heavy atom. The molecule has 102 valence electrons. The van der Waals surface area contributed by atoms with Crippen LogP contribution in [0.15, 0.2) is 0 Å². The zero-order valence-corrected chi connectivity index (χ0v) is 10.9. The minimum Gasteiger partial charge on any atom is -0.391 e. The van der Waals surface area contributed by atoms with Gasteiger partial charge in [-0.15, -0.1) is 0 Å². The van der Waals surface area contributed by atoms with Crippen LogP contribution in [0.2, 0.25) is 0 Å². The van der Waals surface area contributed by atoms with Gasteiger partial charge < -0.3 is 14.6 Å². The van der Waals surface area contributed by atoms with Crippen LogP contribution in [0.5, 0.6) is 0 Å². The van der Waals surface area contributed by atoms with Gasteiger partial charge in [-0.25, -0.2) is 13.1 Å². The Morgan fingerprint density at radius 3 is 2.71 bits per heavy atom. The van der Waals surface area contributed by atoms with Gasteiger partial charge in [-0.2, -0.15) is 0 Å². The van der Waals surface area contributed by atoms with Crippen molar-refractivity contribution in [2.45, 2.75) is 30.6 Å². The molecule has 17 heavy (non-hydrogen) atoms. The average molecular weight is 267 g/mol. The first-order chi connectivity index (χ1) is 8.06. The lowest BCUT2D eigenvalue weighted by atomic mass is 10.2. The summed E-state index contributed by atoms with van der Waals surface area (Å²) >= 11 is 0. The highest BCUT2D eigenvalue weighted by Gasteiger charge is 2.27. The minimum atomic E-state index is -3.28. The average Bonchev–Trinajstić information content (AvgIpc) is 2.30. The fourth-order valence-electron chi connectivity index (χ4n) is 1.75. The molecule has 0 saturated carbocycles. The molecule has 1 aliphatic rings. The number of hydrogen-bond donors (Lipinski definition) is 2. The summed E-state index contributed by atoms with van der Waals surface area (Å²) in [6, 6.07) is 0. The molecule has 0 bridgehead atoms. The smallest absolute Gasteiger partial charge is 0.214 e. The standard InChI is InChI=1S/C10H21NO5S/c1-15-8-9(12)2-5-11-17(13,14)10-3-6-16-7-4-10/h9-12H,2-8H2,1H3. The maximum Gasteiger partial charge on any atom is 0.214 e. The van der Waals surface area contributed by atoms with Crippen molar-refractivity contribution in [1.29, 1.82) is 0 Å². The molecule has 1 fully saturated rings. The second-order valence-electron chi connectivity index (χ2n) is 4.15. The van der Waals surface area contributed by atoms with Crippen LogP contribution in [-0.4, -0.2) is 58.4 Å². The van der Waals surface area contributed by atoms with Crippen LogP contribution in [-0.2, 0) is 19.5 Å². The van der Waals surface area contributed by atoms with E-state index in [1.807, 2.05) is 0 Å². The zero-order valence-electron chi connectivity index (χ0n) is 10.1. The molecule has 0 amide bonds. The minimum absolute atomic E-state index is 0.221. The van der Waals surface area contributed by atoms with Crippen LogP contribution < -0.4 is 4.72 Å². The molecule has 0 aliphatic carbocycles. The maximum absolute atomic E-state index is 11.8. The number of rotatable bonds is 7. The van der Waals surface area contributed by atoms with E-state index in [9.17, 15) is 13.5 Å². The molecule has 2 N–H and O–H groups in total. The Hall–Kier alpha value is -0.210. The van der Waals surface area contributed by atoms with Gasteiger partial charge in [-0.1, -0.05) is 0 Å². The third-order valence-corrected chi connectivity index (χ3v) is 4.70. The van der Waals surface area contributed by atoms with Gasteiger partial charge in [0, 0.05) is 26.9 Å². The number of hydrogen-bond acceptors (Lipinski definition) is 5. The predicted molar refractivity (Wildman–Crippen MR) is 63.3 cm³/mol. The highest BCUT2D eigenvalue weighted by molar-refractivity contribution is 7.90. The number of aliphatic hydroxyl groups is 1. The second kappa shape index (κ2) is 7.27. The lowest BCUT2D eigenvalue weighted by Crippen LogP contribution is -2.39. The number of aliphatic hydroxyl groups excluding tert-OH is 1. The lowest BCUT2D eigenvalue weighted by molar-refractivity contribution is 0.0602. The molecule has 0 radical (unpaired) electrons. The van der Waals surface area contributed by atoms with Gasteiger partial charge in [0.25, 0.3) is 0 Å². The normalized spacial score (nSPS) is 20.4. The van der Waals surface area contributed by atoms with Crippen LogP contribution in [0.1, 0.15) is 19.3 Å². The SMILES string of the molecule is COCC(O)CCNS(=O)(=O)C1CCOCC1. The first-order valence-corrected chi connectivity index (χ1v) is 7.34. The van der Waals surface area contributed by atoms with E-state index in [2.05, 4.69) is 4.72 Å². The predicted octanol–water partition coefficient (Wildman–Crippen LogP) is -0.518. The summed E-state index contributed by atoms with van der Waals surface area (Å²) in [5, 5.41) is 9.01. The Bertz CT molecular complexity index is 300. The molecule has 1 rings (SSSR count). The van der Waals surface area contributed by atoms with Crippen LogP contribution in [0.4, 0.5) is 0 Å². The maximum atomic E-state index is 11.8. The summed E-state index contributed by atoms with van der Waals surface area (Å²) in [7, 11) is -1.78. The van der Waals surface area contributed by atoms with Crippen molar-refractivity contribution in [2.24, 2.45) is 0 Å². The van der Waals surface area contributed by atoms with Gasteiger partial charge in [0.05, 0.1) is 18.0 Å². The van der Waals surface area contributed by atoms with E-state index in [-0.39, 0.29) is 18.4 Å². The van der Waals surface area contributed by atoms with E-state index in [1.54, 1.807) is 0 Å². The van der Waals surface area contributed by atoms with E-state index in [0.29, 0.717) is 32.5 Å². The van der Waals surface area contributed by atoms with E-state index in [1.165, 1.54) is 7.11 Å². The van der Waals surface area contributed by atoms with Gasteiger partial charge >= 0.3 is 0 Å². The highest BCUT2D eigenvalue weighted by atomic mass is 32.2. The van der Waals surface area contributed by atoms with Crippen LogP contribution in [0, 0.1) is 0 Å². The Balaban J connectivity index is 2.29. The van der Waals surface area contributed by atoms with Gasteiger partial charge in [0.15, 0.2) is 0 Å². The molecule has 0 aromatic heterocycles. The molecule has 0 aromatic rings. The fourth-order valence-corrected chi connectivity index (χ4v) is 3.20. The Kier molecular flexibility index (Phi) is 6.35. The van der Waals surface area contributed by atoms with Crippen LogP contribution in [0.25, 0.3) is 0 Å². The van der Waals surface area contributed by atoms with Gasteiger partial charge in [0.1, 0.15) is 0 Å². The summed E-state index contributed by atoms with van der Waals surface area (Å²) in [6.07, 6.45) is 0.805. The molecular weight excluding hydrogens is 246 g/mol. The zero-order chi connectivity index (χ0) is 12.7. The van der Waals surface area contributed by atoms with E-state index in [0.717, 1.165) is 0 Å². The van der Waals surface area contributed by atoms with Gasteiger partial charge in [0.2, 0.25) is 10.0 Å². The summed E-state index contributed by atoms with van der Waals surface area (Å²) in [6.45, 7) is 1.46. The number of sulfonamides is 1. The number of ether oxygens (including phenoxy) is 2. The van der Waals surface area contributed by atoms with Crippen molar-refractivity contribution >= 4 is 10.0 Å². The van der Waals surface area contributed by atoms with Crippen LogP contribution in [0.3, 0.4) is 0 Å². The monoisotopic (exact) mass is 267 g/mol. The molecular formula is C10H21NO5S. The van der Waals surface area contributed by atoms with Gasteiger partial charge in [-0.3, -0.25) is 0 Å². The molecule has 1 saturated heterocycles. The highest BCUT2D eigenvalue weighted by Crippen LogP contribution is 2.14. The summed E-state index contributed by atoms with van der Waals surface area (Å²) in [5.41, 5.74) is 0. The molecule has 1 aliphatic heterocycles. The molecule has 6 nitrogen and oxygen atoms in total.